The lowest BCUT2D eigenvalue weighted by molar-refractivity contribution is 0.0831. The number of ether oxygens (including phenoxy) is 1. The maximum atomic E-state index is 5.67. The fourth-order valence-electron chi connectivity index (χ4n) is 2.86. The molecule has 3 heteroatoms. The third kappa shape index (κ3) is 4.46. The molecule has 2 fully saturated rings. The zero-order valence-electron chi connectivity index (χ0n) is 11.1. The molecule has 2 atom stereocenters. The van der Waals surface area contributed by atoms with E-state index in [9.17, 15) is 0 Å². The van der Waals surface area contributed by atoms with Crippen LogP contribution in [0.2, 0.25) is 0 Å². The highest BCUT2D eigenvalue weighted by Gasteiger charge is 2.28. The van der Waals surface area contributed by atoms with Gasteiger partial charge in [-0.05, 0) is 32.2 Å². The Morgan fingerprint density at radius 1 is 1.18 bits per heavy atom. The first-order valence-corrected chi connectivity index (χ1v) is 8.31. The second-order valence-corrected chi connectivity index (χ2v) is 6.90. The third-order valence-electron chi connectivity index (χ3n) is 3.88. The molecule has 1 heterocycles. The molecule has 2 nitrogen and oxygen atoms in total. The Bertz CT molecular complexity index is 206. The van der Waals surface area contributed by atoms with Gasteiger partial charge < -0.3 is 10.1 Å². The molecule has 0 aromatic rings. The summed E-state index contributed by atoms with van der Waals surface area (Å²) in [7, 11) is 0. The molecule has 0 radical (unpaired) electrons. The van der Waals surface area contributed by atoms with Crippen molar-refractivity contribution in [3.63, 3.8) is 0 Å². The fraction of sp³-hybridized carbons (Fsp3) is 1.00. The Morgan fingerprint density at radius 3 is 2.76 bits per heavy atom. The average molecular weight is 257 g/mol. The van der Waals surface area contributed by atoms with Gasteiger partial charge in [0, 0.05) is 23.1 Å². The molecule has 1 aliphatic carbocycles. The molecule has 1 aliphatic heterocycles. The van der Waals surface area contributed by atoms with E-state index in [0.717, 1.165) is 25.0 Å². The summed E-state index contributed by atoms with van der Waals surface area (Å²) < 4.78 is 5.67. The standard InChI is InChI=1S/C14H27NOS/c1-2-9-15-13-8-10-16-11-14(13)17-12-6-4-3-5-7-12/h12-15H,2-11H2,1H3. The quantitative estimate of drug-likeness (QED) is 0.817. The molecule has 0 aromatic carbocycles. The van der Waals surface area contributed by atoms with E-state index in [1.165, 1.54) is 44.9 Å². The smallest absolute Gasteiger partial charge is 0.0600 e. The van der Waals surface area contributed by atoms with Crippen molar-refractivity contribution in [2.75, 3.05) is 19.8 Å². The second-order valence-electron chi connectivity index (χ2n) is 5.36. The van der Waals surface area contributed by atoms with Crippen LogP contribution in [0.25, 0.3) is 0 Å². The highest BCUT2D eigenvalue weighted by atomic mass is 32.2. The average Bonchev–Trinajstić information content (AvgIpc) is 2.39. The zero-order valence-corrected chi connectivity index (χ0v) is 11.9. The van der Waals surface area contributed by atoms with Gasteiger partial charge in [-0.3, -0.25) is 0 Å². The van der Waals surface area contributed by atoms with Crippen molar-refractivity contribution in [1.29, 1.82) is 0 Å². The molecular weight excluding hydrogens is 230 g/mol. The molecule has 0 bridgehead atoms. The zero-order chi connectivity index (χ0) is 11.9. The summed E-state index contributed by atoms with van der Waals surface area (Å²) in [6, 6.07) is 0.690. The van der Waals surface area contributed by atoms with Crippen molar-refractivity contribution in [2.24, 2.45) is 0 Å². The van der Waals surface area contributed by atoms with E-state index >= 15 is 0 Å². The summed E-state index contributed by atoms with van der Waals surface area (Å²) in [6.07, 6.45) is 9.64. The molecule has 1 saturated carbocycles. The lowest BCUT2D eigenvalue weighted by Gasteiger charge is -2.35. The first-order chi connectivity index (χ1) is 8.40. The molecular formula is C14H27NOS. The summed E-state index contributed by atoms with van der Waals surface area (Å²) in [5.41, 5.74) is 0. The normalized spacial score (nSPS) is 31.6. The Morgan fingerprint density at radius 2 is 2.00 bits per heavy atom. The van der Waals surface area contributed by atoms with E-state index in [-0.39, 0.29) is 0 Å². The van der Waals surface area contributed by atoms with Crippen molar-refractivity contribution >= 4 is 11.8 Å². The molecule has 2 aliphatic rings. The van der Waals surface area contributed by atoms with Crippen LogP contribution in [-0.2, 0) is 4.74 Å². The lowest BCUT2D eigenvalue weighted by atomic mass is 10.0. The van der Waals surface area contributed by atoms with Crippen LogP contribution in [-0.4, -0.2) is 36.3 Å². The van der Waals surface area contributed by atoms with Gasteiger partial charge in [0.2, 0.25) is 0 Å². The molecule has 1 saturated heterocycles. The van der Waals surface area contributed by atoms with Gasteiger partial charge in [-0.15, -0.1) is 0 Å². The van der Waals surface area contributed by atoms with Crippen LogP contribution >= 0.6 is 11.8 Å². The molecule has 0 amide bonds. The first-order valence-electron chi connectivity index (χ1n) is 7.36. The van der Waals surface area contributed by atoms with Crippen LogP contribution in [0.1, 0.15) is 51.9 Å². The first kappa shape index (κ1) is 13.7. The lowest BCUT2D eigenvalue weighted by Crippen LogP contribution is -2.45. The topological polar surface area (TPSA) is 21.3 Å². The molecule has 2 unspecified atom stereocenters. The number of thioether (sulfide) groups is 1. The Hall–Kier alpha value is 0.270. The van der Waals surface area contributed by atoms with E-state index in [1.54, 1.807) is 0 Å². The van der Waals surface area contributed by atoms with Gasteiger partial charge in [0.05, 0.1) is 6.61 Å². The van der Waals surface area contributed by atoms with Crippen LogP contribution in [0.5, 0.6) is 0 Å². The van der Waals surface area contributed by atoms with Crippen LogP contribution in [0.4, 0.5) is 0 Å². The Labute approximate surface area is 110 Å². The monoisotopic (exact) mass is 257 g/mol. The molecule has 2 rings (SSSR count). The van der Waals surface area contributed by atoms with Gasteiger partial charge in [-0.1, -0.05) is 26.2 Å². The van der Waals surface area contributed by atoms with Crippen molar-refractivity contribution in [2.45, 2.75) is 68.4 Å². The van der Waals surface area contributed by atoms with E-state index in [2.05, 4.69) is 24.0 Å². The van der Waals surface area contributed by atoms with Gasteiger partial charge in [-0.25, -0.2) is 0 Å². The molecule has 0 aromatic heterocycles. The number of nitrogens with one attached hydrogen (secondary N) is 1. The van der Waals surface area contributed by atoms with Crippen molar-refractivity contribution < 1.29 is 4.74 Å². The second kappa shape index (κ2) is 7.65. The van der Waals surface area contributed by atoms with E-state index in [0.29, 0.717) is 11.3 Å². The van der Waals surface area contributed by atoms with Crippen LogP contribution < -0.4 is 5.32 Å². The van der Waals surface area contributed by atoms with E-state index in [1.807, 2.05) is 0 Å². The predicted octanol–water partition coefficient (Wildman–Crippen LogP) is 3.21. The summed E-state index contributed by atoms with van der Waals surface area (Å²) in [6.45, 7) is 5.31. The fourth-order valence-corrected chi connectivity index (χ4v) is 4.55. The van der Waals surface area contributed by atoms with Crippen molar-refractivity contribution in [3.05, 3.63) is 0 Å². The minimum atomic E-state index is 0.690. The van der Waals surface area contributed by atoms with Crippen molar-refractivity contribution in [3.8, 4) is 0 Å². The Kier molecular flexibility index (Phi) is 6.16. The number of hydrogen-bond acceptors (Lipinski definition) is 3. The summed E-state index contributed by atoms with van der Waals surface area (Å²) in [5.74, 6) is 0. The van der Waals surface area contributed by atoms with Gasteiger partial charge in [0.15, 0.2) is 0 Å². The molecule has 1 N–H and O–H groups in total. The predicted molar refractivity (Wildman–Crippen MR) is 75.8 cm³/mol. The van der Waals surface area contributed by atoms with Crippen LogP contribution in [0.3, 0.4) is 0 Å². The third-order valence-corrected chi connectivity index (χ3v) is 5.55. The molecule has 17 heavy (non-hydrogen) atoms. The summed E-state index contributed by atoms with van der Waals surface area (Å²) in [5, 5.41) is 5.31. The summed E-state index contributed by atoms with van der Waals surface area (Å²) >= 11 is 2.21. The van der Waals surface area contributed by atoms with Gasteiger partial charge >= 0.3 is 0 Å². The summed E-state index contributed by atoms with van der Waals surface area (Å²) in [4.78, 5) is 0. The van der Waals surface area contributed by atoms with Gasteiger partial charge in [-0.2, -0.15) is 11.8 Å². The number of rotatable bonds is 5. The minimum Gasteiger partial charge on any atom is -0.380 e. The van der Waals surface area contributed by atoms with Gasteiger partial charge in [0.25, 0.3) is 0 Å². The minimum absolute atomic E-state index is 0.690. The molecule has 100 valence electrons. The highest BCUT2D eigenvalue weighted by molar-refractivity contribution is 8.00. The van der Waals surface area contributed by atoms with Crippen LogP contribution in [0.15, 0.2) is 0 Å². The highest BCUT2D eigenvalue weighted by Crippen LogP contribution is 2.34. The number of hydrogen-bond donors (Lipinski definition) is 1. The van der Waals surface area contributed by atoms with Gasteiger partial charge in [0.1, 0.15) is 0 Å². The van der Waals surface area contributed by atoms with E-state index in [4.69, 9.17) is 4.74 Å². The van der Waals surface area contributed by atoms with Crippen LogP contribution in [0, 0.1) is 0 Å². The maximum absolute atomic E-state index is 5.67. The largest absolute Gasteiger partial charge is 0.380 e. The van der Waals surface area contributed by atoms with Crippen molar-refractivity contribution in [1.82, 2.24) is 5.32 Å². The SMILES string of the molecule is CCCNC1CCOCC1SC1CCCCC1. The van der Waals surface area contributed by atoms with E-state index < -0.39 is 0 Å². The Balaban J connectivity index is 1.78. The maximum Gasteiger partial charge on any atom is 0.0600 e. The molecule has 0 spiro atoms.